The van der Waals surface area contributed by atoms with Gasteiger partial charge in [0.05, 0.1) is 15.7 Å². The highest BCUT2D eigenvalue weighted by atomic mass is 35.5. The van der Waals surface area contributed by atoms with Crippen LogP contribution in [0.2, 0.25) is 5.02 Å². The molecule has 0 amide bonds. The van der Waals surface area contributed by atoms with Crippen molar-refractivity contribution in [2.24, 2.45) is 0 Å². The van der Waals surface area contributed by atoms with Gasteiger partial charge in [0.25, 0.3) is 0 Å². The molecule has 1 unspecified atom stereocenters. The van der Waals surface area contributed by atoms with Crippen LogP contribution in [0.3, 0.4) is 0 Å². The van der Waals surface area contributed by atoms with E-state index >= 15 is 0 Å². The SMILES string of the molecule is CCNC(CC)CCCS(=O)(=O)c1ccc(F)c(Cl)c1. The van der Waals surface area contributed by atoms with Crippen molar-refractivity contribution in [1.29, 1.82) is 0 Å². The smallest absolute Gasteiger partial charge is 0.178 e. The molecule has 0 saturated carbocycles. The zero-order valence-electron chi connectivity index (χ0n) is 11.8. The highest BCUT2D eigenvalue weighted by Crippen LogP contribution is 2.21. The lowest BCUT2D eigenvalue weighted by molar-refractivity contribution is 0.475. The largest absolute Gasteiger partial charge is 0.314 e. The first-order chi connectivity index (χ1) is 9.40. The Balaban J connectivity index is 2.63. The van der Waals surface area contributed by atoms with Gasteiger partial charge >= 0.3 is 0 Å². The maximum atomic E-state index is 13.0. The first-order valence-corrected chi connectivity index (χ1v) is 8.85. The minimum Gasteiger partial charge on any atom is -0.314 e. The molecule has 0 aliphatic heterocycles. The molecule has 0 aliphatic carbocycles. The molecule has 0 heterocycles. The van der Waals surface area contributed by atoms with Crippen LogP contribution in [-0.2, 0) is 9.84 Å². The van der Waals surface area contributed by atoms with E-state index in [0.717, 1.165) is 25.5 Å². The number of halogens is 2. The molecule has 0 bridgehead atoms. The maximum absolute atomic E-state index is 13.0. The molecular formula is C14H21ClFNO2S. The first-order valence-electron chi connectivity index (χ1n) is 6.82. The minimum atomic E-state index is -3.40. The fourth-order valence-corrected chi connectivity index (χ4v) is 3.65. The molecule has 1 atom stereocenters. The Bertz CT molecular complexity index is 534. The Morgan fingerprint density at radius 1 is 1.35 bits per heavy atom. The monoisotopic (exact) mass is 321 g/mol. The second-order valence-electron chi connectivity index (χ2n) is 4.70. The van der Waals surface area contributed by atoms with Gasteiger partial charge in [-0.05, 0) is 44.0 Å². The summed E-state index contributed by atoms with van der Waals surface area (Å²) in [5.74, 6) is -0.555. The van der Waals surface area contributed by atoms with E-state index in [-0.39, 0.29) is 15.7 Å². The van der Waals surface area contributed by atoms with Crippen molar-refractivity contribution in [3.05, 3.63) is 29.0 Å². The van der Waals surface area contributed by atoms with E-state index in [0.29, 0.717) is 12.5 Å². The van der Waals surface area contributed by atoms with E-state index in [1.165, 1.54) is 12.1 Å². The van der Waals surface area contributed by atoms with Crippen molar-refractivity contribution >= 4 is 21.4 Å². The average molecular weight is 322 g/mol. The minimum absolute atomic E-state index is 0.0524. The molecule has 3 nitrogen and oxygen atoms in total. The predicted octanol–water partition coefficient (Wildman–Crippen LogP) is 3.42. The molecule has 1 N–H and O–H groups in total. The van der Waals surface area contributed by atoms with E-state index in [4.69, 9.17) is 11.6 Å². The van der Waals surface area contributed by atoms with Crippen molar-refractivity contribution in [1.82, 2.24) is 5.32 Å². The zero-order valence-corrected chi connectivity index (χ0v) is 13.4. The molecule has 1 aromatic carbocycles. The molecule has 0 saturated heterocycles. The van der Waals surface area contributed by atoms with E-state index in [1.54, 1.807) is 0 Å². The maximum Gasteiger partial charge on any atom is 0.178 e. The van der Waals surface area contributed by atoms with Crippen LogP contribution in [-0.4, -0.2) is 26.8 Å². The van der Waals surface area contributed by atoms with Crippen LogP contribution < -0.4 is 5.32 Å². The summed E-state index contributed by atoms with van der Waals surface area (Å²) in [6.45, 7) is 4.97. The van der Waals surface area contributed by atoms with Gasteiger partial charge in [-0.15, -0.1) is 0 Å². The number of rotatable bonds is 8. The summed E-state index contributed by atoms with van der Waals surface area (Å²) >= 11 is 5.62. The van der Waals surface area contributed by atoms with Gasteiger partial charge in [-0.3, -0.25) is 0 Å². The number of hydrogen-bond donors (Lipinski definition) is 1. The lowest BCUT2D eigenvalue weighted by Crippen LogP contribution is -2.28. The van der Waals surface area contributed by atoms with Gasteiger partial charge in [0.15, 0.2) is 9.84 Å². The van der Waals surface area contributed by atoms with E-state index in [2.05, 4.69) is 12.2 Å². The van der Waals surface area contributed by atoms with Crippen molar-refractivity contribution in [2.45, 2.75) is 44.0 Å². The Hall–Kier alpha value is -0.650. The standard InChI is InChI=1S/C14H21ClFNO2S/c1-3-11(17-4-2)6-5-9-20(18,19)12-7-8-14(16)13(15)10-12/h7-8,10-11,17H,3-6,9H2,1-2H3. The number of nitrogens with one attached hydrogen (secondary N) is 1. The Morgan fingerprint density at radius 3 is 2.60 bits per heavy atom. The highest BCUT2D eigenvalue weighted by Gasteiger charge is 2.16. The molecule has 6 heteroatoms. The molecule has 1 aromatic rings. The summed E-state index contributed by atoms with van der Waals surface area (Å²) in [6, 6.07) is 3.86. The molecular weight excluding hydrogens is 301 g/mol. The van der Waals surface area contributed by atoms with Crippen LogP contribution in [0.1, 0.15) is 33.1 Å². The average Bonchev–Trinajstić information content (AvgIpc) is 2.40. The molecule has 0 fully saturated rings. The summed E-state index contributed by atoms with van der Waals surface area (Å²) in [4.78, 5) is 0.0837. The highest BCUT2D eigenvalue weighted by molar-refractivity contribution is 7.91. The molecule has 0 aromatic heterocycles. The molecule has 0 aliphatic rings. The number of benzene rings is 1. The molecule has 1 rings (SSSR count). The van der Waals surface area contributed by atoms with E-state index in [1.807, 2.05) is 6.92 Å². The third-order valence-corrected chi connectivity index (χ3v) is 5.29. The van der Waals surface area contributed by atoms with Crippen LogP contribution in [0.4, 0.5) is 4.39 Å². The van der Waals surface area contributed by atoms with Crippen molar-refractivity contribution in [3.63, 3.8) is 0 Å². The molecule has 0 radical (unpaired) electrons. The van der Waals surface area contributed by atoms with Gasteiger partial charge in [-0.2, -0.15) is 0 Å². The van der Waals surface area contributed by atoms with Gasteiger partial charge in [-0.1, -0.05) is 25.4 Å². The third kappa shape index (κ3) is 5.04. The predicted molar refractivity (Wildman–Crippen MR) is 80.5 cm³/mol. The fraction of sp³-hybridized carbons (Fsp3) is 0.571. The van der Waals surface area contributed by atoms with Crippen molar-refractivity contribution in [2.75, 3.05) is 12.3 Å². The second kappa shape index (κ2) is 7.96. The summed E-state index contributed by atoms with van der Waals surface area (Å²) in [5.41, 5.74) is 0. The number of sulfone groups is 1. The van der Waals surface area contributed by atoms with Gasteiger partial charge in [0.2, 0.25) is 0 Å². The third-order valence-electron chi connectivity index (χ3n) is 3.20. The van der Waals surface area contributed by atoms with E-state index in [9.17, 15) is 12.8 Å². The van der Waals surface area contributed by atoms with Crippen LogP contribution >= 0.6 is 11.6 Å². The van der Waals surface area contributed by atoms with Gasteiger partial charge < -0.3 is 5.32 Å². The van der Waals surface area contributed by atoms with Crippen LogP contribution in [0.5, 0.6) is 0 Å². The number of hydrogen-bond acceptors (Lipinski definition) is 3. The lowest BCUT2D eigenvalue weighted by atomic mass is 10.1. The molecule has 0 spiro atoms. The molecule has 20 heavy (non-hydrogen) atoms. The fourth-order valence-electron chi connectivity index (χ4n) is 2.05. The normalized spacial score (nSPS) is 13.4. The zero-order chi connectivity index (χ0) is 15.2. The van der Waals surface area contributed by atoms with Crippen LogP contribution in [0.15, 0.2) is 23.1 Å². The Kier molecular flexibility index (Phi) is 6.92. The Labute approximate surface area is 125 Å². The summed E-state index contributed by atoms with van der Waals surface area (Å²) in [5, 5.41) is 3.15. The summed E-state index contributed by atoms with van der Waals surface area (Å²) < 4.78 is 37.3. The molecule has 114 valence electrons. The van der Waals surface area contributed by atoms with Crippen LogP contribution in [0, 0.1) is 5.82 Å². The van der Waals surface area contributed by atoms with Crippen molar-refractivity contribution < 1.29 is 12.8 Å². The van der Waals surface area contributed by atoms with Gasteiger partial charge in [0.1, 0.15) is 5.82 Å². The van der Waals surface area contributed by atoms with Crippen LogP contribution in [0.25, 0.3) is 0 Å². The second-order valence-corrected chi connectivity index (χ2v) is 7.22. The van der Waals surface area contributed by atoms with Gasteiger partial charge in [0, 0.05) is 6.04 Å². The van der Waals surface area contributed by atoms with E-state index < -0.39 is 15.7 Å². The Morgan fingerprint density at radius 2 is 2.05 bits per heavy atom. The lowest BCUT2D eigenvalue weighted by Gasteiger charge is -2.15. The topological polar surface area (TPSA) is 46.2 Å². The first kappa shape index (κ1) is 17.4. The quantitative estimate of drug-likeness (QED) is 0.746. The summed E-state index contributed by atoms with van der Waals surface area (Å²) in [6.07, 6.45) is 2.34. The summed E-state index contributed by atoms with van der Waals surface area (Å²) in [7, 11) is -3.40. The van der Waals surface area contributed by atoms with Gasteiger partial charge in [-0.25, -0.2) is 12.8 Å². The van der Waals surface area contributed by atoms with Crippen molar-refractivity contribution in [3.8, 4) is 0 Å².